The Morgan fingerprint density at radius 2 is 2.32 bits per heavy atom. The fourth-order valence-corrected chi connectivity index (χ4v) is 2.48. The highest BCUT2D eigenvalue weighted by molar-refractivity contribution is 6.32. The predicted molar refractivity (Wildman–Crippen MR) is 72.3 cm³/mol. The minimum absolute atomic E-state index is 0.173. The van der Waals surface area contributed by atoms with Gasteiger partial charge in [-0.25, -0.2) is 4.98 Å². The molecular weight excluding hydrogens is 268 g/mol. The van der Waals surface area contributed by atoms with Crippen LogP contribution in [0, 0.1) is 5.92 Å². The summed E-state index contributed by atoms with van der Waals surface area (Å²) in [6.45, 7) is 2.60. The van der Waals surface area contributed by atoms with Crippen LogP contribution in [0.5, 0.6) is 6.01 Å². The lowest BCUT2D eigenvalue weighted by Gasteiger charge is -2.38. The first-order chi connectivity index (χ1) is 9.02. The lowest BCUT2D eigenvalue weighted by atomic mass is 9.93. The number of anilines is 1. The number of primary amides is 1. The van der Waals surface area contributed by atoms with Crippen LogP contribution in [0.2, 0.25) is 5.02 Å². The van der Waals surface area contributed by atoms with Gasteiger partial charge in [-0.1, -0.05) is 11.6 Å². The standard InChI is InChI=1S/C12H17ClN4O2/c1-7-3-4-8(10(14)18)6-17(7)11-9(13)5-15-12(16-11)19-2/h5,7-8H,3-4,6H2,1-2H3,(H2,14,18)/t7-,8+/m1/s1. The van der Waals surface area contributed by atoms with Crippen LogP contribution >= 0.6 is 11.6 Å². The maximum Gasteiger partial charge on any atom is 0.318 e. The number of rotatable bonds is 3. The van der Waals surface area contributed by atoms with E-state index in [4.69, 9.17) is 22.1 Å². The van der Waals surface area contributed by atoms with E-state index in [1.54, 1.807) is 0 Å². The van der Waals surface area contributed by atoms with E-state index < -0.39 is 0 Å². The molecular formula is C12H17ClN4O2. The van der Waals surface area contributed by atoms with E-state index in [-0.39, 0.29) is 23.9 Å². The molecule has 1 fully saturated rings. The third kappa shape index (κ3) is 2.89. The molecule has 2 rings (SSSR count). The van der Waals surface area contributed by atoms with Crippen molar-refractivity contribution in [1.82, 2.24) is 9.97 Å². The van der Waals surface area contributed by atoms with Crippen molar-refractivity contribution in [2.24, 2.45) is 11.7 Å². The number of ether oxygens (including phenoxy) is 1. The number of nitrogens with two attached hydrogens (primary N) is 1. The van der Waals surface area contributed by atoms with Crippen LogP contribution in [0.4, 0.5) is 5.82 Å². The van der Waals surface area contributed by atoms with Crippen LogP contribution in [0.15, 0.2) is 6.20 Å². The topological polar surface area (TPSA) is 81.3 Å². The van der Waals surface area contributed by atoms with Gasteiger partial charge in [0.25, 0.3) is 0 Å². The van der Waals surface area contributed by atoms with Crippen molar-refractivity contribution < 1.29 is 9.53 Å². The molecule has 0 aliphatic carbocycles. The summed E-state index contributed by atoms with van der Waals surface area (Å²) in [4.78, 5) is 21.6. The van der Waals surface area contributed by atoms with Crippen molar-refractivity contribution in [3.63, 3.8) is 0 Å². The van der Waals surface area contributed by atoms with Crippen LogP contribution in [0.1, 0.15) is 19.8 Å². The number of amides is 1. The van der Waals surface area contributed by atoms with E-state index in [9.17, 15) is 4.79 Å². The quantitative estimate of drug-likeness (QED) is 0.903. The number of carbonyl (C=O) groups excluding carboxylic acids is 1. The highest BCUT2D eigenvalue weighted by Crippen LogP contribution is 2.31. The summed E-state index contributed by atoms with van der Waals surface area (Å²) in [5.74, 6) is 0.134. The molecule has 0 bridgehead atoms. The monoisotopic (exact) mass is 284 g/mol. The minimum Gasteiger partial charge on any atom is -0.467 e. The Labute approximate surface area is 116 Å². The molecule has 1 aliphatic heterocycles. The van der Waals surface area contributed by atoms with E-state index in [1.807, 2.05) is 4.90 Å². The lowest BCUT2D eigenvalue weighted by Crippen LogP contribution is -2.46. The van der Waals surface area contributed by atoms with Gasteiger partial charge in [-0.3, -0.25) is 4.79 Å². The maximum absolute atomic E-state index is 11.4. The van der Waals surface area contributed by atoms with Crippen molar-refractivity contribution in [2.45, 2.75) is 25.8 Å². The normalized spacial score (nSPS) is 23.2. The molecule has 0 radical (unpaired) electrons. The number of hydrogen-bond acceptors (Lipinski definition) is 5. The second-order valence-electron chi connectivity index (χ2n) is 4.71. The average Bonchev–Trinajstić information content (AvgIpc) is 2.40. The molecule has 104 valence electrons. The van der Waals surface area contributed by atoms with Gasteiger partial charge in [0, 0.05) is 12.6 Å². The Balaban J connectivity index is 2.30. The second kappa shape index (κ2) is 5.61. The van der Waals surface area contributed by atoms with Crippen molar-refractivity contribution in [3.8, 4) is 6.01 Å². The summed E-state index contributed by atoms with van der Waals surface area (Å²) >= 11 is 6.14. The molecule has 1 aromatic heterocycles. The van der Waals surface area contributed by atoms with Gasteiger partial charge in [-0.2, -0.15) is 4.98 Å². The summed E-state index contributed by atoms with van der Waals surface area (Å²) < 4.78 is 5.01. The van der Waals surface area contributed by atoms with Crippen LogP contribution in [-0.4, -0.2) is 35.6 Å². The van der Waals surface area contributed by atoms with Crippen molar-refractivity contribution in [3.05, 3.63) is 11.2 Å². The maximum atomic E-state index is 11.4. The average molecular weight is 285 g/mol. The van der Waals surface area contributed by atoms with Gasteiger partial charge in [0.15, 0.2) is 5.82 Å². The van der Waals surface area contributed by atoms with Gasteiger partial charge >= 0.3 is 6.01 Å². The fourth-order valence-electron chi connectivity index (χ4n) is 2.28. The summed E-state index contributed by atoms with van der Waals surface area (Å²) in [6.07, 6.45) is 3.17. The number of aromatic nitrogens is 2. The van der Waals surface area contributed by atoms with Gasteiger partial charge in [0.05, 0.1) is 19.2 Å². The van der Waals surface area contributed by atoms with E-state index in [1.165, 1.54) is 13.3 Å². The third-order valence-corrected chi connectivity index (χ3v) is 3.71. The van der Waals surface area contributed by atoms with E-state index in [2.05, 4.69) is 16.9 Å². The first-order valence-corrected chi connectivity index (χ1v) is 6.53. The van der Waals surface area contributed by atoms with Crippen LogP contribution < -0.4 is 15.4 Å². The molecule has 2 heterocycles. The molecule has 0 aromatic carbocycles. The summed E-state index contributed by atoms with van der Waals surface area (Å²) in [5.41, 5.74) is 5.39. The van der Waals surface area contributed by atoms with E-state index in [0.29, 0.717) is 17.4 Å². The lowest BCUT2D eigenvalue weighted by molar-refractivity contribution is -0.122. The first-order valence-electron chi connectivity index (χ1n) is 6.15. The highest BCUT2D eigenvalue weighted by atomic mass is 35.5. The van der Waals surface area contributed by atoms with Gasteiger partial charge in [-0.15, -0.1) is 0 Å². The molecule has 2 N–H and O–H groups in total. The number of halogens is 1. The molecule has 0 spiro atoms. The Morgan fingerprint density at radius 3 is 2.95 bits per heavy atom. The zero-order valence-electron chi connectivity index (χ0n) is 11.0. The highest BCUT2D eigenvalue weighted by Gasteiger charge is 2.30. The molecule has 2 atom stereocenters. The number of hydrogen-bond donors (Lipinski definition) is 1. The predicted octanol–water partition coefficient (Wildman–Crippen LogP) is 1.23. The van der Waals surface area contributed by atoms with Crippen molar-refractivity contribution in [1.29, 1.82) is 0 Å². The molecule has 1 saturated heterocycles. The molecule has 7 heteroatoms. The van der Waals surface area contributed by atoms with E-state index in [0.717, 1.165) is 12.8 Å². The zero-order valence-corrected chi connectivity index (χ0v) is 11.7. The number of carbonyl (C=O) groups is 1. The molecule has 1 amide bonds. The number of piperidine rings is 1. The van der Waals surface area contributed by atoms with E-state index >= 15 is 0 Å². The van der Waals surface area contributed by atoms with Gasteiger partial charge in [-0.05, 0) is 19.8 Å². The molecule has 19 heavy (non-hydrogen) atoms. The summed E-state index contributed by atoms with van der Waals surface area (Å²) in [5, 5.41) is 0.442. The second-order valence-corrected chi connectivity index (χ2v) is 5.11. The third-order valence-electron chi connectivity index (χ3n) is 3.44. The van der Waals surface area contributed by atoms with Crippen LogP contribution in [-0.2, 0) is 4.79 Å². The first kappa shape index (κ1) is 13.9. The van der Waals surface area contributed by atoms with Crippen LogP contribution in [0.25, 0.3) is 0 Å². The van der Waals surface area contributed by atoms with Crippen LogP contribution in [0.3, 0.4) is 0 Å². The molecule has 0 saturated carbocycles. The number of methoxy groups -OCH3 is 1. The van der Waals surface area contributed by atoms with Crippen molar-refractivity contribution >= 4 is 23.3 Å². The summed E-state index contributed by atoms with van der Waals surface area (Å²) in [6, 6.07) is 0.500. The Bertz CT molecular complexity index is 483. The van der Waals surface area contributed by atoms with Crippen molar-refractivity contribution in [2.75, 3.05) is 18.6 Å². The number of nitrogens with zero attached hydrogens (tertiary/aromatic N) is 3. The largest absolute Gasteiger partial charge is 0.467 e. The minimum atomic E-state index is -0.283. The van der Waals surface area contributed by atoms with Gasteiger partial charge in [0.2, 0.25) is 5.91 Å². The smallest absolute Gasteiger partial charge is 0.318 e. The zero-order chi connectivity index (χ0) is 14.0. The van der Waals surface area contributed by atoms with Gasteiger partial charge in [0.1, 0.15) is 5.02 Å². The Hall–Kier alpha value is -1.56. The Kier molecular flexibility index (Phi) is 4.09. The molecule has 1 aromatic rings. The Morgan fingerprint density at radius 1 is 1.58 bits per heavy atom. The molecule has 0 unspecified atom stereocenters. The molecule has 1 aliphatic rings. The van der Waals surface area contributed by atoms with Gasteiger partial charge < -0.3 is 15.4 Å². The summed E-state index contributed by atoms with van der Waals surface area (Å²) in [7, 11) is 1.50. The fraction of sp³-hybridized carbons (Fsp3) is 0.583. The molecule has 6 nitrogen and oxygen atoms in total. The SMILES string of the molecule is COc1ncc(Cl)c(N2C[C@@H](C(N)=O)CC[C@H]2C)n1.